The molecular weight excluding hydrogens is 260 g/mol. The number of nitrogens with zero attached hydrogens (tertiary/aromatic N) is 2. The summed E-state index contributed by atoms with van der Waals surface area (Å²) in [6, 6.07) is 4.42. The van der Waals surface area contributed by atoms with E-state index in [0.717, 1.165) is 12.8 Å². The van der Waals surface area contributed by atoms with Gasteiger partial charge < -0.3 is 4.90 Å². The molecule has 0 atom stereocenters. The van der Waals surface area contributed by atoms with E-state index in [9.17, 15) is 4.79 Å². The average Bonchev–Trinajstić information content (AvgIpc) is 2.35. The topological polar surface area (TPSA) is 33.2 Å². The normalized spacial score (nSPS) is 30.9. The predicted molar refractivity (Wildman–Crippen MR) is 84.2 cm³/mol. The lowest BCUT2D eigenvalue weighted by Crippen LogP contribution is -2.51. The first-order valence-corrected chi connectivity index (χ1v) is 8.07. The Hall–Kier alpha value is -1.38. The van der Waals surface area contributed by atoms with Gasteiger partial charge >= 0.3 is 0 Å². The molecule has 0 N–H and O–H groups in total. The quantitative estimate of drug-likeness (QED) is 0.851. The van der Waals surface area contributed by atoms with Gasteiger partial charge in [0.15, 0.2) is 0 Å². The van der Waals surface area contributed by atoms with E-state index in [1.807, 2.05) is 20.3 Å². The number of aromatic nitrogens is 1. The van der Waals surface area contributed by atoms with Gasteiger partial charge in [0, 0.05) is 37.8 Å². The fourth-order valence-corrected chi connectivity index (χ4v) is 4.05. The van der Waals surface area contributed by atoms with E-state index in [1.54, 1.807) is 4.90 Å². The van der Waals surface area contributed by atoms with Crippen molar-refractivity contribution in [3.05, 3.63) is 29.6 Å². The van der Waals surface area contributed by atoms with E-state index >= 15 is 0 Å². The number of hydrogen-bond donors (Lipinski definition) is 0. The summed E-state index contributed by atoms with van der Waals surface area (Å²) in [6.45, 7) is 4.40. The maximum absolute atomic E-state index is 11.9. The fourth-order valence-electron chi connectivity index (χ4n) is 4.05. The summed E-state index contributed by atoms with van der Waals surface area (Å²) < 4.78 is 0. The van der Waals surface area contributed by atoms with Crippen LogP contribution in [0.2, 0.25) is 0 Å². The van der Waals surface area contributed by atoms with Crippen molar-refractivity contribution in [1.29, 1.82) is 0 Å². The van der Waals surface area contributed by atoms with E-state index in [1.165, 1.54) is 24.1 Å². The minimum atomic E-state index is 0.275. The molecule has 1 heterocycles. The largest absolute Gasteiger partial charge is 0.349 e. The van der Waals surface area contributed by atoms with Gasteiger partial charge in [-0.25, -0.2) is 0 Å². The molecule has 3 nitrogen and oxygen atoms in total. The summed E-state index contributed by atoms with van der Waals surface area (Å²) in [4.78, 5) is 18.3. The van der Waals surface area contributed by atoms with Crippen LogP contribution in [0.1, 0.15) is 62.6 Å². The lowest BCUT2D eigenvalue weighted by Gasteiger charge is -2.57. The molecule has 0 aromatic carbocycles. The number of carbonyl (C=O) groups is 1. The molecule has 0 radical (unpaired) electrons. The molecule has 1 aromatic heterocycles. The number of rotatable bonds is 3. The third-order valence-electron chi connectivity index (χ3n) is 5.40. The molecule has 0 saturated heterocycles. The van der Waals surface area contributed by atoms with Gasteiger partial charge in [0.2, 0.25) is 5.91 Å². The Bertz CT molecular complexity index is 519. The summed E-state index contributed by atoms with van der Waals surface area (Å²) >= 11 is 0. The van der Waals surface area contributed by atoms with Crippen LogP contribution in [0.4, 0.5) is 0 Å². The zero-order valence-electron chi connectivity index (χ0n) is 13.6. The molecule has 1 amide bonds. The Morgan fingerprint density at radius 1 is 1.24 bits per heavy atom. The first kappa shape index (κ1) is 14.6. The second-order valence-corrected chi connectivity index (χ2v) is 7.61. The molecule has 2 saturated carbocycles. The number of pyridine rings is 1. The van der Waals surface area contributed by atoms with Gasteiger partial charge in [-0.3, -0.25) is 9.78 Å². The van der Waals surface area contributed by atoms with Gasteiger partial charge in [0.1, 0.15) is 0 Å². The standard InChI is InChI=1S/C18H26N2O/c1-12(2)13-5-6-16(19-11-13)14-7-18(8-14)9-15(10-18)17(21)20(3)4/h5-6,11-12,14-15H,7-10H2,1-4H3. The Labute approximate surface area is 127 Å². The van der Waals surface area contributed by atoms with Crippen molar-refractivity contribution >= 4 is 5.91 Å². The van der Waals surface area contributed by atoms with E-state index in [4.69, 9.17) is 0 Å². The molecule has 2 fully saturated rings. The van der Waals surface area contributed by atoms with E-state index in [-0.39, 0.29) is 5.92 Å². The smallest absolute Gasteiger partial charge is 0.225 e. The first-order chi connectivity index (χ1) is 9.90. The van der Waals surface area contributed by atoms with Crippen LogP contribution < -0.4 is 0 Å². The minimum absolute atomic E-state index is 0.275. The lowest BCUT2D eigenvalue weighted by atomic mass is 9.47. The first-order valence-electron chi connectivity index (χ1n) is 8.07. The zero-order chi connectivity index (χ0) is 15.2. The molecule has 3 rings (SSSR count). The van der Waals surface area contributed by atoms with E-state index in [2.05, 4.69) is 31.0 Å². The average molecular weight is 286 g/mol. The third kappa shape index (κ3) is 2.58. The zero-order valence-corrected chi connectivity index (χ0v) is 13.6. The highest BCUT2D eigenvalue weighted by Crippen LogP contribution is 2.63. The molecular formula is C18H26N2O. The molecule has 114 valence electrons. The molecule has 3 heteroatoms. The van der Waals surface area contributed by atoms with Crippen molar-refractivity contribution in [2.24, 2.45) is 11.3 Å². The van der Waals surface area contributed by atoms with E-state index in [0.29, 0.717) is 23.2 Å². The monoisotopic (exact) mass is 286 g/mol. The third-order valence-corrected chi connectivity index (χ3v) is 5.40. The SMILES string of the molecule is CC(C)c1ccc(C2CC3(CC(C(=O)N(C)C)C3)C2)nc1. The van der Waals surface area contributed by atoms with Crippen LogP contribution in [-0.2, 0) is 4.79 Å². The minimum Gasteiger partial charge on any atom is -0.349 e. The maximum Gasteiger partial charge on any atom is 0.225 e. The Balaban J connectivity index is 1.54. The molecule has 21 heavy (non-hydrogen) atoms. The summed E-state index contributed by atoms with van der Waals surface area (Å²) in [5.74, 6) is 1.74. The predicted octanol–water partition coefficient (Wildman–Crippen LogP) is 3.57. The summed E-state index contributed by atoms with van der Waals surface area (Å²) in [5.41, 5.74) is 3.01. The van der Waals surface area contributed by atoms with E-state index < -0.39 is 0 Å². The highest BCUT2D eigenvalue weighted by Gasteiger charge is 2.55. The lowest BCUT2D eigenvalue weighted by molar-refractivity contribution is -0.146. The van der Waals surface area contributed by atoms with Gasteiger partial charge in [-0.05, 0) is 48.6 Å². The van der Waals surface area contributed by atoms with Crippen LogP contribution in [0.15, 0.2) is 18.3 Å². The molecule has 0 aliphatic heterocycles. The van der Waals surface area contributed by atoms with Gasteiger partial charge in [-0.2, -0.15) is 0 Å². The second-order valence-electron chi connectivity index (χ2n) is 7.61. The van der Waals surface area contributed by atoms with Crippen molar-refractivity contribution in [2.45, 2.75) is 51.4 Å². The van der Waals surface area contributed by atoms with Crippen LogP contribution in [-0.4, -0.2) is 29.9 Å². The molecule has 0 unspecified atom stereocenters. The highest BCUT2D eigenvalue weighted by molar-refractivity contribution is 5.79. The molecule has 0 bridgehead atoms. The molecule has 1 aromatic rings. The van der Waals surface area contributed by atoms with Gasteiger partial charge in [0.05, 0.1) is 0 Å². The van der Waals surface area contributed by atoms with Gasteiger partial charge in [-0.15, -0.1) is 0 Å². The summed E-state index contributed by atoms with van der Waals surface area (Å²) in [6.07, 6.45) is 6.65. The number of amides is 1. The van der Waals surface area contributed by atoms with Crippen molar-refractivity contribution in [3.8, 4) is 0 Å². The van der Waals surface area contributed by atoms with Crippen molar-refractivity contribution in [1.82, 2.24) is 9.88 Å². The van der Waals surface area contributed by atoms with Crippen LogP contribution in [0.3, 0.4) is 0 Å². The van der Waals surface area contributed by atoms with Crippen molar-refractivity contribution in [3.63, 3.8) is 0 Å². The summed E-state index contributed by atoms with van der Waals surface area (Å²) in [5, 5.41) is 0. The van der Waals surface area contributed by atoms with Gasteiger partial charge in [0.25, 0.3) is 0 Å². The Morgan fingerprint density at radius 2 is 1.90 bits per heavy atom. The summed E-state index contributed by atoms with van der Waals surface area (Å²) in [7, 11) is 3.72. The van der Waals surface area contributed by atoms with Crippen LogP contribution >= 0.6 is 0 Å². The molecule has 2 aliphatic rings. The molecule has 2 aliphatic carbocycles. The van der Waals surface area contributed by atoms with Crippen molar-refractivity contribution in [2.75, 3.05) is 14.1 Å². The maximum atomic E-state index is 11.9. The fraction of sp³-hybridized carbons (Fsp3) is 0.667. The van der Waals surface area contributed by atoms with Gasteiger partial charge in [-0.1, -0.05) is 19.9 Å². The van der Waals surface area contributed by atoms with Crippen LogP contribution in [0.25, 0.3) is 0 Å². The second kappa shape index (κ2) is 5.11. The Morgan fingerprint density at radius 3 is 2.38 bits per heavy atom. The van der Waals surface area contributed by atoms with Crippen molar-refractivity contribution < 1.29 is 4.79 Å². The highest BCUT2D eigenvalue weighted by atomic mass is 16.2. The Kier molecular flexibility index (Phi) is 3.54. The number of hydrogen-bond acceptors (Lipinski definition) is 2. The van der Waals surface area contributed by atoms with Crippen LogP contribution in [0, 0.1) is 11.3 Å². The number of carbonyl (C=O) groups excluding carboxylic acids is 1. The molecule has 1 spiro atoms. The van der Waals surface area contributed by atoms with Crippen LogP contribution in [0.5, 0.6) is 0 Å².